The molecule has 0 aromatic heterocycles. The molecular formula is C13H20N2O3. The van der Waals surface area contributed by atoms with Crippen molar-refractivity contribution in [1.29, 1.82) is 0 Å². The van der Waals surface area contributed by atoms with Crippen LogP contribution in [0.4, 0.5) is 0 Å². The van der Waals surface area contributed by atoms with Gasteiger partial charge in [-0.1, -0.05) is 6.42 Å². The molecule has 1 saturated carbocycles. The second-order valence-corrected chi connectivity index (χ2v) is 5.82. The number of carbonyl (C=O) groups is 2. The first-order valence-corrected chi connectivity index (χ1v) is 6.90. The van der Waals surface area contributed by atoms with Gasteiger partial charge in [0.2, 0.25) is 5.91 Å². The number of carboxylic acids is 1. The first-order valence-electron chi connectivity index (χ1n) is 6.90. The molecule has 3 aliphatic rings. The Labute approximate surface area is 107 Å². The zero-order valence-corrected chi connectivity index (χ0v) is 10.6. The monoisotopic (exact) mass is 252 g/mol. The highest BCUT2D eigenvalue weighted by molar-refractivity contribution is 6.02. The molecule has 0 radical (unpaired) electrons. The van der Waals surface area contributed by atoms with E-state index in [1.807, 2.05) is 0 Å². The molecule has 1 N–H and O–H groups in total. The lowest BCUT2D eigenvalue weighted by Crippen LogP contribution is -2.59. The lowest BCUT2D eigenvalue weighted by atomic mass is 9.67. The summed E-state index contributed by atoms with van der Waals surface area (Å²) >= 11 is 0. The minimum atomic E-state index is -1.08. The van der Waals surface area contributed by atoms with E-state index in [0.717, 1.165) is 32.5 Å². The van der Waals surface area contributed by atoms with Crippen LogP contribution in [0.2, 0.25) is 0 Å². The summed E-state index contributed by atoms with van der Waals surface area (Å²) in [5.41, 5.74) is -1.08. The lowest BCUT2D eigenvalue weighted by Gasteiger charge is -2.44. The van der Waals surface area contributed by atoms with E-state index in [0.29, 0.717) is 25.4 Å². The van der Waals surface area contributed by atoms with Gasteiger partial charge in [0.15, 0.2) is 0 Å². The molecule has 5 heteroatoms. The molecule has 0 aromatic rings. The summed E-state index contributed by atoms with van der Waals surface area (Å²) in [6, 6.07) is 0.466. The number of nitrogens with zero attached hydrogens (tertiary/aromatic N) is 2. The van der Waals surface area contributed by atoms with Crippen LogP contribution in [0.25, 0.3) is 0 Å². The van der Waals surface area contributed by atoms with Crippen molar-refractivity contribution in [2.24, 2.45) is 5.41 Å². The fraction of sp³-hybridized carbons (Fsp3) is 0.846. The van der Waals surface area contributed by atoms with Gasteiger partial charge < -0.3 is 10.0 Å². The van der Waals surface area contributed by atoms with Crippen LogP contribution in [0.5, 0.6) is 0 Å². The van der Waals surface area contributed by atoms with Crippen molar-refractivity contribution in [1.82, 2.24) is 9.80 Å². The van der Waals surface area contributed by atoms with E-state index < -0.39 is 11.4 Å². The number of piperazine rings is 1. The average molecular weight is 252 g/mol. The van der Waals surface area contributed by atoms with Gasteiger partial charge in [-0.25, -0.2) is 0 Å². The zero-order valence-electron chi connectivity index (χ0n) is 10.6. The third-order valence-electron chi connectivity index (χ3n) is 4.90. The van der Waals surface area contributed by atoms with Gasteiger partial charge in [0.25, 0.3) is 0 Å². The molecule has 100 valence electrons. The van der Waals surface area contributed by atoms with Crippen molar-refractivity contribution in [3.8, 4) is 0 Å². The molecule has 3 rings (SSSR count). The van der Waals surface area contributed by atoms with E-state index in [-0.39, 0.29) is 5.91 Å². The molecule has 1 aliphatic carbocycles. The van der Waals surface area contributed by atoms with Crippen molar-refractivity contribution >= 4 is 11.9 Å². The highest BCUT2D eigenvalue weighted by atomic mass is 16.4. The van der Waals surface area contributed by atoms with Crippen molar-refractivity contribution in [2.45, 2.75) is 38.1 Å². The summed E-state index contributed by atoms with van der Waals surface area (Å²) in [7, 11) is 0. The minimum Gasteiger partial charge on any atom is -0.480 e. The van der Waals surface area contributed by atoms with Gasteiger partial charge in [-0.05, 0) is 32.2 Å². The van der Waals surface area contributed by atoms with Crippen LogP contribution in [0.15, 0.2) is 0 Å². The van der Waals surface area contributed by atoms with Crippen LogP contribution in [-0.2, 0) is 9.59 Å². The molecule has 2 aliphatic heterocycles. The van der Waals surface area contributed by atoms with E-state index in [1.54, 1.807) is 4.90 Å². The van der Waals surface area contributed by atoms with Crippen LogP contribution in [0.3, 0.4) is 0 Å². The molecule has 2 heterocycles. The number of carbonyl (C=O) groups excluding carboxylic acids is 1. The van der Waals surface area contributed by atoms with Crippen molar-refractivity contribution in [3.05, 3.63) is 0 Å². The maximum absolute atomic E-state index is 12.5. The number of aliphatic carboxylic acids is 1. The standard InChI is InChI=1S/C13H20N2O3/c16-11(13(12(17)18)4-2-5-13)15-8-7-14-6-1-3-10(14)9-15/h10H,1-9H2,(H,17,18). The molecule has 0 aromatic carbocycles. The van der Waals surface area contributed by atoms with Crippen LogP contribution >= 0.6 is 0 Å². The van der Waals surface area contributed by atoms with Gasteiger partial charge in [0.05, 0.1) is 0 Å². The molecule has 0 bridgehead atoms. The number of hydrogen-bond donors (Lipinski definition) is 1. The largest absolute Gasteiger partial charge is 0.480 e. The van der Waals surface area contributed by atoms with Gasteiger partial charge in [-0.15, -0.1) is 0 Å². The van der Waals surface area contributed by atoms with Crippen LogP contribution < -0.4 is 0 Å². The highest BCUT2D eigenvalue weighted by Gasteiger charge is 2.53. The van der Waals surface area contributed by atoms with Crippen molar-refractivity contribution in [2.75, 3.05) is 26.2 Å². The molecule has 18 heavy (non-hydrogen) atoms. The van der Waals surface area contributed by atoms with Gasteiger partial charge in [0, 0.05) is 25.7 Å². The Balaban J connectivity index is 1.71. The predicted molar refractivity (Wildman–Crippen MR) is 65.1 cm³/mol. The Morgan fingerprint density at radius 1 is 1.11 bits per heavy atom. The van der Waals surface area contributed by atoms with Crippen LogP contribution in [0, 0.1) is 5.41 Å². The Morgan fingerprint density at radius 2 is 1.89 bits per heavy atom. The molecule has 1 unspecified atom stereocenters. The Kier molecular flexibility index (Phi) is 2.81. The number of amides is 1. The molecule has 5 nitrogen and oxygen atoms in total. The fourth-order valence-electron chi connectivity index (χ4n) is 3.53. The van der Waals surface area contributed by atoms with E-state index >= 15 is 0 Å². The zero-order chi connectivity index (χ0) is 12.8. The quantitative estimate of drug-likeness (QED) is 0.729. The van der Waals surface area contributed by atoms with Crippen LogP contribution in [0.1, 0.15) is 32.1 Å². The van der Waals surface area contributed by atoms with Gasteiger partial charge in [-0.2, -0.15) is 0 Å². The molecule has 1 amide bonds. The third-order valence-corrected chi connectivity index (χ3v) is 4.90. The van der Waals surface area contributed by atoms with E-state index in [4.69, 9.17) is 0 Å². The lowest BCUT2D eigenvalue weighted by molar-refractivity contribution is -0.168. The summed E-state index contributed by atoms with van der Waals surface area (Å²) in [5.74, 6) is -1.06. The maximum atomic E-state index is 12.5. The second kappa shape index (κ2) is 4.23. The van der Waals surface area contributed by atoms with Gasteiger partial charge in [0.1, 0.15) is 5.41 Å². The number of fused-ring (bicyclic) bond motifs is 1. The summed E-state index contributed by atoms with van der Waals surface area (Å²) in [6.45, 7) is 3.47. The Bertz CT molecular complexity index is 378. The fourth-order valence-corrected chi connectivity index (χ4v) is 3.53. The second-order valence-electron chi connectivity index (χ2n) is 5.82. The van der Waals surface area contributed by atoms with E-state index in [2.05, 4.69) is 4.90 Å². The third kappa shape index (κ3) is 1.64. The van der Waals surface area contributed by atoms with Crippen molar-refractivity contribution < 1.29 is 14.7 Å². The highest BCUT2D eigenvalue weighted by Crippen LogP contribution is 2.43. The molecule has 0 spiro atoms. The summed E-state index contributed by atoms with van der Waals surface area (Å²) in [5, 5.41) is 9.31. The Hall–Kier alpha value is -1.10. The van der Waals surface area contributed by atoms with E-state index in [9.17, 15) is 14.7 Å². The first-order chi connectivity index (χ1) is 8.63. The van der Waals surface area contributed by atoms with Crippen LogP contribution in [-0.4, -0.2) is 59.0 Å². The summed E-state index contributed by atoms with van der Waals surface area (Å²) < 4.78 is 0. The number of hydrogen-bond acceptors (Lipinski definition) is 3. The van der Waals surface area contributed by atoms with Gasteiger partial charge in [-0.3, -0.25) is 14.5 Å². The average Bonchev–Trinajstić information content (AvgIpc) is 2.73. The predicted octanol–water partition coefficient (Wildman–Crippen LogP) is 0.548. The first kappa shape index (κ1) is 12.0. The molecular weight excluding hydrogens is 232 g/mol. The summed E-state index contributed by atoms with van der Waals surface area (Å²) in [6.07, 6.45) is 4.25. The normalized spacial score (nSPS) is 30.7. The van der Waals surface area contributed by atoms with E-state index in [1.165, 1.54) is 6.42 Å². The maximum Gasteiger partial charge on any atom is 0.319 e. The van der Waals surface area contributed by atoms with Gasteiger partial charge >= 0.3 is 5.97 Å². The smallest absolute Gasteiger partial charge is 0.319 e. The molecule has 2 saturated heterocycles. The van der Waals surface area contributed by atoms with Crippen molar-refractivity contribution in [3.63, 3.8) is 0 Å². The summed E-state index contributed by atoms with van der Waals surface area (Å²) in [4.78, 5) is 28.1. The SMILES string of the molecule is O=C(O)C1(C(=O)N2CCN3CCCC3C2)CCC1. The number of rotatable bonds is 2. The molecule has 3 fully saturated rings. The molecule has 1 atom stereocenters. The Morgan fingerprint density at radius 3 is 2.50 bits per heavy atom. The topological polar surface area (TPSA) is 60.9 Å². The minimum absolute atomic E-state index is 0.132. The number of carboxylic acid groups (broad SMARTS) is 1.